The number of rotatable bonds is 1. The first kappa shape index (κ1) is 26.7. The van der Waals surface area contributed by atoms with Crippen LogP contribution in [-0.4, -0.2) is 20.8 Å². The second-order valence-electron chi connectivity index (χ2n) is 14.7. The van der Waals surface area contributed by atoms with E-state index in [2.05, 4.69) is 135 Å². The van der Waals surface area contributed by atoms with Crippen LogP contribution < -0.4 is 16.4 Å². The van der Waals surface area contributed by atoms with Gasteiger partial charge in [-0.3, -0.25) is 4.98 Å². The summed E-state index contributed by atoms with van der Waals surface area (Å²) in [5.41, 5.74) is 15.0. The first-order valence-electron chi connectivity index (χ1n) is 18.1. The topological polar surface area (TPSA) is 49.0 Å². The van der Waals surface area contributed by atoms with Gasteiger partial charge in [-0.1, -0.05) is 72.8 Å². The van der Waals surface area contributed by atoms with Crippen molar-refractivity contribution in [2.45, 2.75) is 0 Å². The monoisotopic (exact) mass is 673 g/mol. The van der Waals surface area contributed by atoms with E-state index < -0.39 is 0 Å². The van der Waals surface area contributed by atoms with Gasteiger partial charge >= 0.3 is 0 Å². The quantitative estimate of drug-likeness (QED) is 0.163. The van der Waals surface area contributed by atoms with Crippen LogP contribution in [0.4, 0.5) is 0 Å². The molecule has 12 aromatic rings. The molecule has 0 bridgehead atoms. The minimum atomic E-state index is -0.0379. The first-order chi connectivity index (χ1) is 26.3. The molecule has 0 unspecified atom stereocenters. The Bertz CT molecular complexity index is 3410. The number of aromatic nitrogens is 3. The van der Waals surface area contributed by atoms with Crippen molar-refractivity contribution >= 4 is 110 Å². The van der Waals surface area contributed by atoms with Gasteiger partial charge in [-0.2, -0.15) is 0 Å². The number of nitrogens with zero attached hydrogens (tertiary/aromatic N) is 3. The molecule has 0 amide bonds. The van der Waals surface area contributed by atoms with Crippen LogP contribution in [0.15, 0.2) is 155 Å². The van der Waals surface area contributed by atoms with E-state index in [9.17, 15) is 0 Å². The lowest BCUT2D eigenvalue weighted by Crippen LogP contribution is -2.59. The summed E-state index contributed by atoms with van der Waals surface area (Å²) in [6.07, 6.45) is 7.71. The van der Waals surface area contributed by atoms with Gasteiger partial charge in [0.1, 0.15) is 11.2 Å². The lowest BCUT2D eigenvalue weighted by molar-refractivity contribution is 0.619. The Labute approximate surface area is 301 Å². The van der Waals surface area contributed by atoms with E-state index in [4.69, 9.17) is 8.83 Å². The van der Waals surface area contributed by atoms with Crippen LogP contribution in [0.3, 0.4) is 0 Å². The van der Waals surface area contributed by atoms with Gasteiger partial charge in [0.05, 0.1) is 45.4 Å². The van der Waals surface area contributed by atoms with Crippen LogP contribution in [-0.2, 0) is 0 Å². The maximum absolute atomic E-state index is 6.41. The van der Waals surface area contributed by atoms with Crippen LogP contribution in [0.1, 0.15) is 0 Å². The minimum Gasteiger partial charge on any atom is -0.464 e. The molecule has 0 N–H and O–H groups in total. The molecule has 7 aromatic carbocycles. The standard InChI is InChI=1S/C47H24BN3O2/c1-5-26-7-3-11-35-41(26)29(9-1)31-23-52-39-15-13-33-46(43(31)39)50(35)37-21-28(25-17-19-49-20-18-25)22-38-45(37)48(33)34-14-16-40-44-32(24-53-40)30-10-2-6-27-8-4-12-36(42(27)30)51(38)47(34)44/h1-24H. The number of hydrogen-bond acceptors (Lipinski definition) is 3. The summed E-state index contributed by atoms with van der Waals surface area (Å²) in [6, 6.07) is 44.8. The lowest BCUT2D eigenvalue weighted by Gasteiger charge is -2.35. The largest absolute Gasteiger partial charge is 0.464 e. The molecule has 0 saturated carbocycles. The van der Waals surface area contributed by atoms with Gasteiger partial charge in [0.15, 0.2) is 0 Å². The van der Waals surface area contributed by atoms with E-state index in [1.54, 1.807) is 0 Å². The maximum atomic E-state index is 6.41. The Morgan fingerprint density at radius 1 is 0.472 bits per heavy atom. The predicted molar refractivity (Wildman–Crippen MR) is 218 cm³/mol. The molecule has 5 aromatic heterocycles. The highest BCUT2D eigenvalue weighted by Crippen LogP contribution is 2.44. The second-order valence-corrected chi connectivity index (χ2v) is 14.7. The van der Waals surface area contributed by atoms with Crippen molar-refractivity contribution in [3.05, 3.63) is 146 Å². The Kier molecular flexibility index (Phi) is 4.56. The van der Waals surface area contributed by atoms with Crippen LogP contribution in [0.25, 0.3) is 110 Å². The summed E-state index contributed by atoms with van der Waals surface area (Å²) in [5, 5.41) is 11.9. The first-order valence-corrected chi connectivity index (χ1v) is 18.1. The average Bonchev–Trinajstić information content (AvgIpc) is 3.79. The molecule has 0 atom stereocenters. The van der Waals surface area contributed by atoms with Gasteiger partial charge < -0.3 is 18.0 Å². The molecule has 14 rings (SSSR count). The highest BCUT2D eigenvalue weighted by atomic mass is 16.3. The third kappa shape index (κ3) is 3.05. The molecule has 5 nitrogen and oxygen atoms in total. The van der Waals surface area contributed by atoms with Gasteiger partial charge in [-0.25, -0.2) is 0 Å². The Morgan fingerprint density at radius 2 is 0.981 bits per heavy atom. The van der Waals surface area contributed by atoms with E-state index in [-0.39, 0.29) is 6.71 Å². The Balaban J connectivity index is 1.32. The zero-order valence-electron chi connectivity index (χ0n) is 28.1. The smallest absolute Gasteiger partial charge is 0.252 e. The summed E-state index contributed by atoms with van der Waals surface area (Å²) in [4.78, 5) is 4.40. The molecule has 6 heteroatoms. The highest BCUT2D eigenvalue weighted by Gasteiger charge is 2.41. The summed E-state index contributed by atoms with van der Waals surface area (Å²) >= 11 is 0. The summed E-state index contributed by atoms with van der Waals surface area (Å²) < 4.78 is 17.9. The lowest BCUT2D eigenvalue weighted by atomic mass is 9.34. The van der Waals surface area contributed by atoms with Gasteiger partial charge in [-0.15, -0.1) is 0 Å². The molecule has 2 aliphatic rings. The van der Waals surface area contributed by atoms with Crippen LogP contribution in [0.5, 0.6) is 0 Å². The predicted octanol–water partition coefficient (Wildman–Crippen LogP) is 9.88. The summed E-state index contributed by atoms with van der Waals surface area (Å²) in [5.74, 6) is 0. The summed E-state index contributed by atoms with van der Waals surface area (Å²) in [6.45, 7) is -0.0379. The fourth-order valence-corrected chi connectivity index (χ4v) is 10.3. The normalized spacial score (nSPS) is 13.2. The number of pyridine rings is 1. The fourth-order valence-electron chi connectivity index (χ4n) is 10.3. The second kappa shape index (κ2) is 9.05. The van der Waals surface area contributed by atoms with Gasteiger partial charge in [0.2, 0.25) is 0 Å². The molecular weight excluding hydrogens is 649 g/mol. The van der Waals surface area contributed by atoms with Gasteiger partial charge in [0.25, 0.3) is 6.71 Å². The zero-order valence-corrected chi connectivity index (χ0v) is 28.1. The number of benzene rings is 7. The molecule has 53 heavy (non-hydrogen) atoms. The van der Waals surface area contributed by atoms with Crippen LogP contribution in [0, 0.1) is 0 Å². The van der Waals surface area contributed by atoms with Crippen molar-refractivity contribution < 1.29 is 8.83 Å². The maximum Gasteiger partial charge on any atom is 0.252 e. The SMILES string of the molecule is c1cc2cccc3c2c(c1)c1coc2ccc4c(c21)n3-c1cc(-c2ccncc2)cc2c1B4c1ccc3occ4c5cccc6cccc(c65)n-2c1c34. The van der Waals surface area contributed by atoms with Crippen LogP contribution in [0.2, 0.25) is 0 Å². The van der Waals surface area contributed by atoms with E-state index in [1.165, 1.54) is 82.1 Å². The average molecular weight is 674 g/mol. The van der Waals surface area contributed by atoms with Crippen molar-refractivity contribution in [2.75, 3.05) is 0 Å². The minimum absolute atomic E-state index is 0.0379. The van der Waals surface area contributed by atoms with Crippen LogP contribution >= 0.6 is 0 Å². The summed E-state index contributed by atoms with van der Waals surface area (Å²) in [7, 11) is 0. The van der Waals surface area contributed by atoms with Gasteiger partial charge in [0, 0.05) is 45.3 Å². The van der Waals surface area contributed by atoms with E-state index in [1.807, 2.05) is 24.9 Å². The molecule has 0 fully saturated rings. The van der Waals surface area contributed by atoms with Crippen molar-refractivity contribution in [2.24, 2.45) is 0 Å². The van der Waals surface area contributed by atoms with E-state index in [0.717, 1.165) is 43.8 Å². The highest BCUT2D eigenvalue weighted by molar-refractivity contribution is 7.00. The van der Waals surface area contributed by atoms with Crippen molar-refractivity contribution in [1.29, 1.82) is 0 Å². The molecule has 0 spiro atoms. The zero-order chi connectivity index (χ0) is 34.1. The number of furan rings is 2. The van der Waals surface area contributed by atoms with E-state index in [0.29, 0.717) is 0 Å². The van der Waals surface area contributed by atoms with Crippen molar-refractivity contribution in [3.8, 4) is 22.5 Å². The molecule has 242 valence electrons. The van der Waals surface area contributed by atoms with Crippen molar-refractivity contribution in [1.82, 2.24) is 14.1 Å². The number of hydrogen-bond donors (Lipinski definition) is 0. The Hall–Kier alpha value is -7.05. The Morgan fingerprint density at radius 3 is 1.51 bits per heavy atom. The van der Waals surface area contributed by atoms with E-state index >= 15 is 0 Å². The molecular formula is C47H24BN3O2. The fraction of sp³-hybridized carbons (Fsp3) is 0. The molecule has 2 aliphatic heterocycles. The number of fused-ring (bicyclic) bond motifs is 8. The van der Waals surface area contributed by atoms with Crippen molar-refractivity contribution in [3.63, 3.8) is 0 Å². The molecule has 0 saturated heterocycles. The third-order valence-electron chi connectivity index (χ3n) is 12.3. The molecule has 0 radical (unpaired) electrons. The van der Waals surface area contributed by atoms with Gasteiger partial charge in [-0.05, 0) is 97.6 Å². The third-order valence-corrected chi connectivity index (χ3v) is 12.3. The molecule has 7 heterocycles. The molecule has 0 aliphatic carbocycles.